The predicted octanol–water partition coefficient (Wildman–Crippen LogP) is 7.16. The zero-order valence-corrected chi connectivity index (χ0v) is 19.7. The summed E-state index contributed by atoms with van der Waals surface area (Å²) >= 11 is 1.70. The molecule has 6 rings (SSSR count). The van der Waals surface area contributed by atoms with Gasteiger partial charge in [-0.15, -0.1) is 11.3 Å². The van der Waals surface area contributed by atoms with E-state index in [0.717, 1.165) is 42.1 Å². The third kappa shape index (κ3) is 3.87. The van der Waals surface area contributed by atoms with Crippen LogP contribution in [0, 0.1) is 0 Å². The lowest BCUT2D eigenvalue weighted by Crippen LogP contribution is -2.15. The molecule has 3 nitrogen and oxygen atoms in total. The van der Waals surface area contributed by atoms with Gasteiger partial charge in [0.2, 0.25) is 11.6 Å². The Hall–Kier alpha value is -3.89. The zero-order chi connectivity index (χ0) is 23.8. The van der Waals surface area contributed by atoms with E-state index in [1.165, 1.54) is 6.08 Å². The summed E-state index contributed by atoms with van der Waals surface area (Å²) in [5.74, 6) is -0.485. The van der Waals surface area contributed by atoms with E-state index in [1.807, 2.05) is 66.7 Å². The second kappa shape index (κ2) is 8.81. The van der Waals surface area contributed by atoms with Crippen molar-refractivity contribution in [1.29, 1.82) is 0 Å². The van der Waals surface area contributed by atoms with E-state index in [0.29, 0.717) is 11.5 Å². The summed E-state index contributed by atoms with van der Waals surface area (Å²) in [6.07, 6.45) is 3.03. The highest BCUT2D eigenvalue weighted by Crippen LogP contribution is 2.29. The third-order valence-electron chi connectivity index (χ3n) is 6.06. The number of allylic oxidation sites excluding steroid dienone is 1. The highest BCUT2D eigenvalue weighted by Gasteiger charge is 2.20. The van der Waals surface area contributed by atoms with Crippen LogP contribution >= 0.6 is 11.3 Å². The number of rotatable bonds is 1. The minimum atomic E-state index is -0.442. The Kier molecular flexibility index (Phi) is 5.68. The minimum Gasteiger partial charge on any atom is -0.288 e. The van der Waals surface area contributed by atoms with Crippen molar-refractivity contribution in [2.24, 2.45) is 0 Å². The maximum atomic E-state index is 12.6. The molecule has 0 unspecified atom stereocenters. The second-order valence-electron chi connectivity index (χ2n) is 8.62. The van der Waals surface area contributed by atoms with E-state index in [-0.39, 0.29) is 5.43 Å². The molecule has 1 aromatic heterocycles. The SMILES string of the molecule is CC(C)c1cccc2sc3ccccc3c(=O)c12.O=C1C=Cc2cc3ccccc3cc2C1=O. The third-order valence-corrected chi connectivity index (χ3v) is 7.20. The molecule has 166 valence electrons. The predicted molar refractivity (Wildman–Crippen MR) is 142 cm³/mol. The van der Waals surface area contributed by atoms with E-state index >= 15 is 0 Å². The van der Waals surface area contributed by atoms with Gasteiger partial charge < -0.3 is 0 Å². The minimum absolute atomic E-state index is 0.170. The van der Waals surface area contributed by atoms with E-state index in [4.69, 9.17) is 0 Å². The highest BCUT2D eigenvalue weighted by atomic mass is 32.1. The fraction of sp³-hybridized carbons (Fsp3) is 0.100. The topological polar surface area (TPSA) is 51.2 Å². The van der Waals surface area contributed by atoms with Gasteiger partial charge in [0.25, 0.3) is 0 Å². The van der Waals surface area contributed by atoms with Crippen molar-refractivity contribution in [3.8, 4) is 0 Å². The van der Waals surface area contributed by atoms with Gasteiger partial charge in [-0.1, -0.05) is 68.5 Å². The van der Waals surface area contributed by atoms with Crippen LogP contribution in [0.5, 0.6) is 0 Å². The molecule has 5 aromatic rings. The first-order valence-corrected chi connectivity index (χ1v) is 12.0. The molecule has 0 radical (unpaired) electrons. The van der Waals surface area contributed by atoms with Crippen LogP contribution in [0.15, 0.2) is 89.7 Å². The molecular weight excluding hydrogens is 440 g/mol. The Labute approximate surface area is 201 Å². The van der Waals surface area contributed by atoms with Crippen molar-refractivity contribution < 1.29 is 9.59 Å². The van der Waals surface area contributed by atoms with Crippen LogP contribution in [0.1, 0.15) is 41.3 Å². The average molecular weight is 463 g/mol. The van der Waals surface area contributed by atoms with Crippen molar-refractivity contribution in [1.82, 2.24) is 0 Å². The molecule has 0 fully saturated rings. The van der Waals surface area contributed by atoms with Crippen LogP contribution in [0.3, 0.4) is 0 Å². The van der Waals surface area contributed by atoms with Crippen LogP contribution in [0.4, 0.5) is 0 Å². The molecule has 34 heavy (non-hydrogen) atoms. The number of ketones is 2. The molecule has 1 aliphatic rings. The van der Waals surface area contributed by atoms with Crippen molar-refractivity contribution in [3.63, 3.8) is 0 Å². The van der Waals surface area contributed by atoms with Gasteiger partial charge in [0.1, 0.15) is 0 Å². The van der Waals surface area contributed by atoms with Crippen molar-refractivity contribution >= 4 is 59.9 Å². The molecule has 1 aliphatic carbocycles. The standard InChI is InChI=1S/C16H14OS.C14H8O2/c1-10(2)11-7-5-9-14-15(11)16(17)12-6-3-4-8-13(12)18-14;15-13-6-5-11-7-9-3-1-2-4-10(9)8-12(11)14(13)16/h3-10H,1-2H3;1-8H. The Balaban J connectivity index is 0.000000142. The van der Waals surface area contributed by atoms with E-state index in [9.17, 15) is 14.4 Å². The van der Waals surface area contributed by atoms with Crippen LogP contribution in [0.2, 0.25) is 0 Å². The van der Waals surface area contributed by atoms with Gasteiger partial charge in [0.15, 0.2) is 5.43 Å². The van der Waals surface area contributed by atoms with Gasteiger partial charge in [-0.25, -0.2) is 0 Å². The number of Topliss-reactive ketones (excluding diaryl/α,β-unsaturated/α-hetero) is 1. The largest absolute Gasteiger partial charge is 0.288 e. The number of carbonyl (C=O) groups is 2. The van der Waals surface area contributed by atoms with Crippen LogP contribution in [-0.2, 0) is 4.79 Å². The van der Waals surface area contributed by atoms with Crippen LogP contribution < -0.4 is 5.43 Å². The number of hydrogen-bond acceptors (Lipinski definition) is 4. The van der Waals surface area contributed by atoms with Crippen molar-refractivity contribution in [3.05, 3.63) is 112 Å². The van der Waals surface area contributed by atoms with E-state index in [1.54, 1.807) is 23.5 Å². The second-order valence-corrected chi connectivity index (χ2v) is 9.70. The molecule has 0 spiro atoms. The van der Waals surface area contributed by atoms with E-state index in [2.05, 4.69) is 19.9 Å². The van der Waals surface area contributed by atoms with Crippen molar-refractivity contribution in [2.45, 2.75) is 19.8 Å². The smallest absolute Gasteiger partial charge is 0.233 e. The molecule has 0 saturated heterocycles. The van der Waals surface area contributed by atoms with Gasteiger partial charge in [-0.2, -0.15) is 0 Å². The fourth-order valence-corrected chi connectivity index (χ4v) is 5.43. The van der Waals surface area contributed by atoms with Gasteiger partial charge in [0.05, 0.1) is 0 Å². The van der Waals surface area contributed by atoms with Gasteiger partial charge >= 0.3 is 0 Å². The lowest BCUT2D eigenvalue weighted by atomic mass is 9.92. The number of fused-ring (bicyclic) bond motifs is 4. The summed E-state index contributed by atoms with van der Waals surface area (Å²) < 4.78 is 2.15. The van der Waals surface area contributed by atoms with Gasteiger partial charge in [0, 0.05) is 25.7 Å². The summed E-state index contributed by atoms with van der Waals surface area (Å²) in [5, 5.41) is 3.80. The normalized spacial score (nSPS) is 12.8. The molecule has 4 aromatic carbocycles. The summed E-state index contributed by atoms with van der Waals surface area (Å²) in [4.78, 5) is 35.5. The molecular formula is C30H22O3S. The number of benzene rings is 4. The molecule has 0 aliphatic heterocycles. The summed E-state index contributed by atoms with van der Waals surface area (Å²) in [6.45, 7) is 4.27. The maximum Gasteiger partial charge on any atom is 0.233 e. The summed E-state index contributed by atoms with van der Waals surface area (Å²) in [6, 6.07) is 25.5. The molecule has 1 heterocycles. The number of hydrogen-bond donors (Lipinski definition) is 0. The summed E-state index contributed by atoms with van der Waals surface area (Å²) in [5.41, 5.74) is 2.65. The maximum absolute atomic E-state index is 12.6. The first kappa shape index (κ1) is 21.9. The van der Waals surface area contributed by atoms with E-state index < -0.39 is 11.6 Å². The van der Waals surface area contributed by atoms with Crippen LogP contribution in [-0.4, -0.2) is 11.6 Å². The van der Waals surface area contributed by atoms with Gasteiger partial charge in [-0.05, 0) is 64.2 Å². The molecule has 0 N–H and O–H groups in total. The fourth-order valence-electron chi connectivity index (χ4n) is 4.32. The molecule has 0 saturated carbocycles. The summed E-state index contributed by atoms with van der Waals surface area (Å²) in [7, 11) is 0. The lowest BCUT2D eigenvalue weighted by molar-refractivity contribution is -0.110. The molecule has 0 amide bonds. The molecule has 4 heteroatoms. The average Bonchev–Trinajstić information content (AvgIpc) is 2.85. The van der Waals surface area contributed by atoms with Crippen molar-refractivity contribution in [2.75, 3.05) is 0 Å². The Morgan fingerprint density at radius 2 is 1.38 bits per heavy atom. The zero-order valence-electron chi connectivity index (χ0n) is 18.9. The first-order chi connectivity index (χ1) is 16.4. The molecule has 0 atom stereocenters. The Bertz CT molecular complexity index is 1690. The highest BCUT2D eigenvalue weighted by molar-refractivity contribution is 7.24. The molecule has 0 bridgehead atoms. The number of carbonyl (C=O) groups excluding carboxylic acids is 2. The lowest BCUT2D eigenvalue weighted by Gasteiger charge is -2.09. The monoisotopic (exact) mass is 462 g/mol. The first-order valence-electron chi connectivity index (χ1n) is 11.2. The Morgan fingerprint density at radius 1 is 0.706 bits per heavy atom. The quantitative estimate of drug-likeness (QED) is 0.196. The van der Waals surface area contributed by atoms with Gasteiger partial charge in [-0.3, -0.25) is 14.4 Å². The Morgan fingerprint density at radius 3 is 2.15 bits per heavy atom. The van der Waals surface area contributed by atoms with Crippen LogP contribution in [0.25, 0.3) is 37.0 Å².